The van der Waals surface area contributed by atoms with Gasteiger partial charge in [-0.25, -0.2) is 5.43 Å². The van der Waals surface area contributed by atoms with Gasteiger partial charge < -0.3 is 5.32 Å². The maximum absolute atomic E-state index is 11.9. The summed E-state index contributed by atoms with van der Waals surface area (Å²) in [6.07, 6.45) is 1.60. The van der Waals surface area contributed by atoms with E-state index in [1.54, 1.807) is 12.1 Å². The van der Waals surface area contributed by atoms with Crippen LogP contribution in [0.1, 0.15) is 18.4 Å². The summed E-state index contributed by atoms with van der Waals surface area (Å²) in [6, 6.07) is 14.6. The van der Waals surface area contributed by atoms with Gasteiger partial charge in [-0.3, -0.25) is 9.59 Å². The highest BCUT2D eigenvalue weighted by atomic mass is 127. The third-order valence-electron chi connectivity index (χ3n) is 3.03. The number of rotatable bonds is 6. The lowest BCUT2D eigenvalue weighted by atomic mass is 10.2. The number of nitrogens with zero attached hydrogens (tertiary/aromatic N) is 1. The number of hydrogen-bond donors (Lipinski definition) is 2. The van der Waals surface area contributed by atoms with Gasteiger partial charge in [-0.1, -0.05) is 41.9 Å². The van der Waals surface area contributed by atoms with Gasteiger partial charge in [0, 0.05) is 27.0 Å². The molecule has 0 saturated heterocycles. The van der Waals surface area contributed by atoms with Crippen molar-refractivity contribution in [3.63, 3.8) is 0 Å². The van der Waals surface area contributed by atoms with E-state index in [-0.39, 0.29) is 24.7 Å². The summed E-state index contributed by atoms with van der Waals surface area (Å²) in [7, 11) is 0. The lowest BCUT2D eigenvalue weighted by molar-refractivity contribution is -0.124. The monoisotopic (exact) mass is 455 g/mol. The molecule has 0 spiro atoms. The van der Waals surface area contributed by atoms with Crippen LogP contribution in [-0.2, 0) is 9.59 Å². The van der Waals surface area contributed by atoms with Crippen LogP contribution in [-0.4, -0.2) is 18.0 Å². The summed E-state index contributed by atoms with van der Waals surface area (Å²) in [5.41, 5.74) is 3.82. The molecule has 2 N–H and O–H groups in total. The fourth-order valence-corrected chi connectivity index (χ4v) is 2.52. The van der Waals surface area contributed by atoms with Gasteiger partial charge in [0.2, 0.25) is 11.8 Å². The summed E-state index contributed by atoms with van der Waals surface area (Å²) < 4.78 is 0.942. The van der Waals surface area contributed by atoms with Crippen molar-refractivity contribution < 1.29 is 9.59 Å². The van der Waals surface area contributed by atoms with E-state index in [1.807, 2.05) is 36.4 Å². The van der Waals surface area contributed by atoms with Gasteiger partial charge >= 0.3 is 0 Å². The van der Waals surface area contributed by atoms with Crippen LogP contribution in [0.5, 0.6) is 0 Å². The molecule has 2 amide bonds. The van der Waals surface area contributed by atoms with Gasteiger partial charge in [0.15, 0.2) is 0 Å². The van der Waals surface area contributed by atoms with E-state index in [1.165, 1.54) is 6.21 Å². The van der Waals surface area contributed by atoms with Crippen molar-refractivity contribution in [2.24, 2.45) is 5.10 Å². The standard InChI is InChI=1S/C17H15ClIN3O2/c18-13-6-2-1-5-12(13)11-20-22-17(24)10-9-16(23)21-15-8-4-3-7-14(15)19/h1-8,11H,9-10H2,(H,21,23)(H,22,24). The third kappa shape index (κ3) is 5.93. The van der Waals surface area contributed by atoms with Crippen molar-refractivity contribution in [3.05, 3.63) is 62.7 Å². The number of hydrogen-bond acceptors (Lipinski definition) is 3. The summed E-state index contributed by atoms with van der Waals surface area (Å²) in [5.74, 6) is -0.555. The summed E-state index contributed by atoms with van der Waals surface area (Å²) in [4.78, 5) is 23.6. The number of carbonyl (C=O) groups is 2. The molecule has 2 aromatic rings. The van der Waals surface area contributed by atoms with Crippen LogP contribution in [0.2, 0.25) is 5.02 Å². The molecule has 0 aliphatic carbocycles. The number of halogens is 2. The van der Waals surface area contributed by atoms with E-state index in [4.69, 9.17) is 11.6 Å². The first kappa shape index (κ1) is 18.4. The lowest BCUT2D eigenvalue weighted by Gasteiger charge is -2.06. The molecule has 0 saturated carbocycles. The molecule has 0 fully saturated rings. The summed E-state index contributed by atoms with van der Waals surface area (Å²) in [6.45, 7) is 0. The van der Waals surface area contributed by atoms with Gasteiger partial charge in [-0.15, -0.1) is 0 Å². The fraction of sp³-hybridized carbons (Fsp3) is 0.118. The molecule has 0 atom stereocenters. The molecule has 24 heavy (non-hydrogen) atoms. The van der Waals surface area contributed by atoms with Crippen LogP contribution in [0.4, 0.5) is 5.69 Å². The molecule has 2 aromatic carbocycles. The molecule has 0 unspecified atom stereocenters. The van der Waals surface area contributed by atoms with Crippen molar-refractivity contribution in [2.75, 3.05) is 5.32 Å². The van der Waals surface area contributed by atoms with Crippen LogP contribution in [0, 0.1) is 3.57 Å². The second-order valence-electron chi connectivity index (χ2n) is 4.84. The maximum Gasteiger partial charge on any atom is 0.240 e. The topological polar surface area (TPSA) is 70.6 Å². The predicted octanol–water partition coefficient (Wildman–Crippen LogP) is 3.81. The zero-order valence-electron chi connectivity index (χ0n) is 12.6. The Morgan fingerprint density at radius 2 is 1.71 bits per heavy atom. The van der Waals surface area contributed by atoms with Gasteiger partial charge in [-0.2, -0.15) is 5.10 Å². The minimum atomic E-state index is -0.337. The Kier molecular flexibility index (Phi) is 7.20. The number of carbonyl (C=O) groups excluding carboxylic acids is 2. The molecule has 0 aliphatic rings. The van der Waals surface area contributed by atoms with Crippen molar-refractivity contribution >= 4 is 57.9 Å². The number of para-hydroxylation sites is 1. The SMILES string of the molecule is O=C(CCC(=O)Nc1ccccc1I)NN=Cc1ccccc1Cl. The molecule has 0 aromatic heterocycles. The number of nitrogens with one attached hydrogen (secondary N) is 2. The number of benzene rings is 2. The first-order valence-corrected chi connectivity index (χ1v) is 8.63. The Hall–Kier alpha value is -1.93. The lowest BCUT2D eigenvalue weighted by Crippen LogP contribution is -2.20. The molecule has 0 bridgehead atoms. The van der Waals surface area contributed by atoms with E-state index < -0.39 is 0 Å². The average Bonchev–Trinajstić information content (AvgIpc) is 2.57. The molecular formula is C17H15ClIN3O2. The van der Waals surface area contributed by atoms with E-state index in [0.717, 1.165) is 9.26 Å². The van der Waals surface area contributed by atoms with Crippen LogP contribution >= 0.6 is 34.2 Å². The highest BCUT2D eigenvalue weighted by molar-refractivity contribution is 14.1. The minimum Gasteiger partial charge on any atom is -0.325 e. The molecule has 7 heteroatoms. The molecule has 2 rings (SSSR count). The Labute approximate surface area is 158 Å². The average molecular weight is 456 g/mol. The molecule has 0 heterocycles. The summed E-state index contributed by atoms with van der Waals surface area (Å²) >= 11 is 8.11. The Balaban J connectivity index is 1.76. The maximum atomic E-state index is 11.9. The first-order valence-electron chi connectivity index (χ1n) is 7.17. The van der Waals surface area contributed by atoms with Crippen LogP contribution in [0.15, 0.2) is 53.6 Å². The first-order chi connectivity index (χ1) is 11.6. The third-order valence-corrected chi connectivity index (χ3v) is 4.31. The van der Waals surface area contributed by atoms with E-state index >= 15 is 0 Å². The Bertz CT molecular complexity index is 765. The van der Waals surface area contributed by atoms with Crippen molar-refractivity contribution in [2.45, 2.75) is 12.8 Å². The van der Waals surface area contributed by atoms with Crippen LogP contribution in [0.25, 0.3) is 0 Å². The number of anilines is 1. The largest absolute Gasteiger partial charge is 0.325 e. The van der Waals surface area contributed by atoms with Crippen LogP contribution < -0.4 is 10.7 Å². The van der Waals surface area contributed by atoms with Crippen molar-refractivity contribution in [1.82, 2.24) is 5.43 Å². The highest BCUT2D eigenvalue weighted by Crippen LogP contribution is 2.17. The van der Waals surface area contributed by atoms with Gasteiger partial charge in [0.05, 0.1) is 11.9 Å². The van der Waals surface area contributed by atoms with Crippen molar-refractivity contribution in [3.8, 4) is 0 Å². The van der Waals surface area contributed by atoms with Crippen LogP contribution in [0.3, 0.4) is 0 Å². The molecule has 124 valence electrons. The Morgan fingerprint density at radius 3 is 2.46 bits per heavy atom. The van der Waals surface area contributed by atoms with Gasteiger partial charge in [0.25, 0.3) is 0 Å². The molecule has 0 radical (unpaired) electrons. The highest BCUT2D eigenvalue weighted by Gasteiger charge is 2.08. The second-order valence-corrected chi connectivity index (χ2v) is 6.41. The number of amides is 2. The fourth-order valence-electron chi connectivity index (χ4n) is 1.81. The molecular weight excluding hydrogens is 441 g/mol. The van der Waals surface area contributed by atoms with Crippen molar-refractivity contribution in [1.29, 1.82) is 0 Å². The van der Waals surface area contributed by atoms with E-state index in [0.29, 0.717) is 10.6 Å². The zero-order chi connectivity index (χ0) is 17.4. The van der Waals surface area contributed by atoms with E-state index in [9.17, 15) is 9.59 Å². The predicted molar refractivity (Wildman–Crippen MR) is 104 cm³/mol. The zero-order valence-corrected chi connectivity index (χ0v) is 15.5. The smallest absolute Gasteiger partial charge is 0.240 e. The second kappa shape index (κ2) is 9.39. The van der Waals surface area contributed by atoms with E-state index in [2.05, 4.69) is 38.4 Å². The van der Waals surface area contributed by atoms with Gasteiger partial charge in [0.1, 0.15) is 0 Å². The molecule has 0 aliphatic heterocycles. The molecule has 5 nitrogen and oxygen atoms in total. The van der Waals surface area contributed by atoms with Gasteiger partial charge in [-0.05, 0) is 40.8 Å². The quantitative estimate of drug-likeness (QED) is 0.395. The number of hydrazone groups is 1. The minimum absolute atomic E-state index is 0.0507. The normalized spacial score (nSPS) is 10.6. The Morgan fingerprint density at radius 1 is 1.04 bits per heavy atom. The summed E-state index contributed by atoms with van der Waals surface area (Å²) in [5, 5.41) is 7.16.